The highest BCUT2D eigenvalue weighted by Crippen LogP contribution is 2.14. The van der Waals surface area contributed by atoms with E-state index in [1.807, 2.05) is 0 Å². The van der Waals surface area contributed by atoms with Crippen LogP contribution < -0.4 is 5.32 Å². The molecule has 0 saturated carbocycles. The van der Waals surface area contributed by atoms with Crippen LogP contribution in [0.2, 0.25) is 0 Å². The highest BCUT2D eigenvalue weighted by atomic mass is 32.2. The fourth-order valence-electron chi connectivity index (χ4n) is 1.98. The molecule has 0 saturated heterocycles. The van der Waals surface area contributed by atoms with Crippen molar-refractivity contribution in [3.05, 3.63) is 60.2 Å². The zero-order chi connectivity index (χ0) is 20.0. The average Bonchev–Trinajstić information content (AvgIpc) is 2.62. The van der Waals surface area contributed by atoms with Gasteiger partial charge >= 0.3 is 5.97 Å². The molecule has 0 radical (unpaired) electrons. The Hall–Kier alpha value is -2.85. The highest BCUT2D eigenvalue weighted by Gasteiger charge is 2.23. The first-order valence-corrected chi connectivity index (χ1v) is 9.05. The van der Waals surface area contributed by atoms with Gasteiger partial charge in [0.1, 0.15) is 18.2 Å². The number of hydrogen-bond acceptors (Lipinski definition) is 5. The van der Waals surface area contributed by atoms with Crippen LogP contribution in [0.1, 0.15) is 0 Å². The molecule has 7 nitrogen and oxygen atoms in total. The molecule has 10 heteroatoms. The van der Waals surface area contributed by atoms with E-state index in [1.54, 1.807) is 0 Å². The number of esters is 1. The van der Waals surface area contributed by atoms with Gasteiger partial charge < -0.3 is 10.1 Å². The molecule has 27 heavy (non-hydrogen) atoms. The van der Waals surface area contributed by atoms with Gasteiger partial charge in [-0.1, -0.05) is 0 Å². The number of ether oxygens (including phenoxy) is 1. The topological polar surface area (TPSA) is 92.8 Å². The standard InChI is InChI=1S/C17H16F2N2O5S/c1-21(27(24,25)15-8-4-13(19)5-9-15)10-17(23)26-11-16(22)20-14-6-2-12(18)3-7-14/h2-9H,10-11H2,1H3,(H,20,22). The summed E-state index contributed by atoms with van der Waals surface area (Å²) in [7, 11) is -2.86. The molecule has 0 atom stereocenters. The van der Waals surface area contributed by atoms with Crippen molar-refractivity contribution in [2.45, 2.75) is 4.90 Å². The Morgan fingerprint density at radius 1 is 1.00 bits per heavy atom. The summed E-state index contributed by atoms with van der Waals surface area (Å²) in [6.07, 6.45) is 0. The van der Waals surface area contributed by atoms with Crippen molar-refractivity contribution in [1.82, 2.24) is 4.31 Å². The Morgan fingerprint density at radius 3 is 2.07 bits per heavy atom. The molecule has 0 unspecified atom stereocenters. The predicted octanol–water partition coefficient (Wildman–Crippen LogP) is 1.77. The van der Waals surface area contributed by atoms with Crippen LogP contribution in [0, 0.1) is 11.6 Å². The molecule has 0 aliphatic rings. The van der Waals surface area contributed by atoms with Crippen LogP contribution >= 0.6 is 0 Å². The van der Waals surface area contributed by atoms with E-state index in [4.69, 9.17) is 4.74 Å². The van der Waals surface area contributed by atoms with Gasteiger partial charge in [0.15, 0.2) is 6.61 Å². The second-order valence-corrected chi connectivity index (χ2v) is 7.48. The van der Waals surface area contributed by atoms with Crippen LogP contribution in [-0.2, 0) is 24.3 Å². The van der Waals surface area contributed by atoms with Crippen LogP contribution in [0.4, 0.5) is 14.5 Å². The number of anilines is 1. The fourth-order valence-corrected chi connectivity index (χ4v) is 3.09. The SMILES string of the molecule is CN(CC(=O)OCC(=O)Nc1ccc(F)cc1)S(=O)(=O)c1ccc(F)cc1. The summed E-state index contributed by atoms with van der Waals surface area (Å²) in [6, 6.07) is 9.08. The summed E-state index contributed by atoms with van der Waals surface area (Å²) < 4.78 is 55.7. The minimum absolute atomic E-state index is 0.187. The van der Waals surface area contributed by atoms with E-state index in [9.17, 15) is 26.8 Å². The zero-order valence-electron chi connectivity index (χ0n) is 14.2. The van der Waals surface area contributed by atoms with Gasteiger partial charge in [0.2, 0.25) is 10.0 Å². The van der Waals surface area contributed by atoms with Crippen molar-refractivity contribution in [2.24, 2.45) is 0 Å². The smallest absolute Gasteiger partial charge is 0.321 e. The average molecular weight is 398 g/mol. The Kier molecular flexibility index (Phi) is 6.59. The van der Waals surface area contributed by atoms with Crippen molar-refractivity contribution in [2.75, 3.05) is 25.5 Å². The van der Waals surface area contributed by atoms with Crippen molar-refractivity contribution in [3.63, 3.8) is 0 Å². The predicted molar refractivity (Wildman–Crippen MR) is 92.2 cm³/mol. The number of sulfonamides is 1. The summed E-state index contributed by atoms with van der Waals surface area (Å²) in [6.45, 7) is -1.27. The Bertz CT molecular complexity index is 915. The van der Waals surface area contributed by atoms with Gasteiger partial charge in [-0.15, -0.1) is 0 Å². The molecule has 144 valence electrons. The molecular weight excluding hydrogens is 382 g/mol. The molecular formula is C17H16F2N2O5S. The van der Waals surface area contributed by atoms with Crippen LogP contribution in [0.15, 0.2) is 53.4 Å². The largest absolute Gasteiger partial charge is 0.455 e. The van der Waals surface area contributed by atoms with E-state index < -0.39 is 46.7 Å². The van der Waals surface area contributed by atoms with Gasteiger partial charge in [0.05, 0.1) is 4.90 Å². The third-order valence-electron chi connectivity index (χ3n) is 3.37. The maximum atomic E-state index is 12.9. The molecule has 2 aromatic rings. The highest BCUT2D eigenvalue weighted by molar-refractivity contribution is 7.89. The first-order chi connectivity index (χ1) is 12.7. The quantitative estimate of drug-likeness (QED) is 0.718. The zero-order valence-corrected chi connectivity index (χ0v) is 15.0. The van der Waals surface area contributed by atoms with Gasteiger partial charge in [-0.25, -0.2) is 17.2 Å². The number of hydrogen-bond donors (Lipinski definition) is 1. The molecule has 2 rings (SSSR count). The number of rotatable bonds is 7. The molecule has 1 N–H and O–H groups in total. The van der Waals surface area contributed by atoms with Gasteiger partial charge in [-0.3, -0.25) is 9.59 Å². The summed E-state index contributed by atoms with van der Waals surface area (Å²) in [5.41, 5.74) is 0.313. The second kappa shape index (κ2) is 8.69. The van der Waals surface area contributed by atoms with E-state index in [0.29, 0.717) is 5.69 Å². The Balaban J connectivity index is 1.86. The van der Waals surface area contributed by atoms with Gasteiger partial charge in [0.25, 0.3) is 5.91 Å². The van der Waals surface area contributed by atoms with E-state index in [0.717, 1.165) is 47.8 Å². The number of carbonyl (C=O) groups excluding carboxylic acids is 2. The first-order valence-electron chi connectivity index (χ1n) is 7.61. The van der Waals surface area contributed by atoms with E-state index in [1.165, 1.54) is 12.1 Å². The molecule has 0 heterocycles. The number of nitrogens with zero attached hydrogens (tertiary/aromatic N) is 1. The third kappa shape index (κ3) is 5.83. The fraction of sp³-hybridized carbons (Fsp3) is 0.176. The Labute approximate surface area is 154 Å². The second-order valence-electron chi connectivity index (χ2n) is 5.43. The molecule has 0 spiro atoms. The minimum Gasteiger partial charge on any atom is -0.455 e. The lowest BCUT2D eigenvalue weighted by molar-refractivity contribution is -0.147. The first kappa shape index (κ1) is 20.5. The number of amides is 1. The molecule has 0 fully saturated rings. The summed E-state index contributed by atoms with van der Waals surface area (Å²) in [5.74, 6) is -2.68. The van der Waals surface area contributed by atoms with E-state index in [2.05, 4.69) is 5.32 Å². The Morgan fingerprint density at radius 2 is 1.52 bits per heavy atom. The normalized spacial score (nSPS) is 11.3. The maximum Gasteiger partial charge on any atom is 0.321 e. The lowest BCUT2D eigenvalue weighted by Gasteiger charge is -2.16. The number of likely N-dealkylation sites (N-methyl/N-ethyl adjacent to an activating group) is 1. The van der Waals surface area contributed by atoms with Crippen molar-refractivity contribution >= 4 is 27.6 Å². The summed E-state index contributed by atoms with van der Waals surface area (Å²) >= 11 is 0. The molecule has 0 bridgehead atoms. The number of halogens is 2. The molecule has 0 aliphatic carbocycles. The van der Waals surface area contributed by atoms with Crippen LogP contribution in [0.25, 0.3) is 0 Å². The lowest BCUT2D eigenvalue weighted by Crippen LogP contribution is -2.34. The van der Waals surface area contributed by atoms with Crippen molar-refractivity contribution in [3.8, 4) is 0 Å². The maximum absolute atomic E-state index is 12.9. The van der Waals surface area contributed by atoms with E-state index in [-0.39, 0.29) is 4.90 Å². The summed E-state index contributed by atoms with van der Waals surface area (Å²) in [5, 5.41) is 2.39. The lowest BCUT2D eigenvalue weighted by atomic mass is 10.3. The minimum atomic E-state index is -4.01. The number of carbonyl (C=O) groups is 2. The van der Waals surface area contributed by atoms with E-state index >= 15 is 0 Å². The summed E-state index contributed by atoms with van der Waals surface area (Å²) in [4.78, 5) is 23.3. The van der Waals surface area contributed by atoms with Crippen LogP contribution in [0.5, 0.6) is 0 Å². The van der Waals surface area contributed by atoms with Crippen molar-refractivity contribution < 1.29 is 31.5 Å². The third-order valence-corrected chi connectivity index (χ3v) is 5.18. The van der Waals surface area contributed by atoms with Crippen molar-refractivity contribution in [1.29, 1.82) is 0 Å². The van der Waals surface area contributed by atoms with Crippen LogP contribution in [0.3, 0.4) is 0 Å². The molecule has 0 aliphatic heterocycles. The van der Waals surface area contributed by atoms with Gasteiger partial charge in [0, 0.05) is 12.7 Å². The monoisotopic (exact) mass is 398 g/mol. The van der Waals surface area contributed by atoms with Gasteiger partial charge in [-0.2, -0.15) is 4.31 Å². The molecule has 0 aromatic heterocycles. The number of nitrogens with one attached hydrogen (secondary N) is 1. The molecule has 2 aromatic carbocycles. The van der Waals surface area contributed by atoms with Gasteiger partial charge in [-0.05, 0) is 48.5 Å². The number of benzene rings is 2. The van der Waals surface area contributed by atoms with Crippen LogP contribution in [-0.4, -0.2) is 44.8 Å². The molecule has 1 amide bonds.